The number of aliphatic hydroxyl groups is 1. The second kappa shape index (κ2) is 13.9. The molecule has 1 aromatic rings. The number of hydrogen-bond acceptors (Lipinski definition) is 4. The van der Waals surface area contributed by atoms with Crippen LogP contribution in [0.3, 0.4) is 0 Å². The normalized spacial score (nSPS) is 25.0. The maximum Gasteiger partial charge on any atom is 0.335 e. The van der Waals surface area contributed by atoms with Gasteiger partial charge < -0.3 is 14.6 Å². The van der Waals surface area contributed by atoms with E-state index >= 15 is 0 Å². The second-order valence-electron chi connectivity index (χ2n) is 10.3. The van der Waals surface area contributed by atoms with Crippen LogP contribution in [0.25, 0.3) is 0 Å². The number of halogens is 1. The number of carbonyl (C=O) groups excluding carboxylic acids is 1. The summed E-state index contributed by atoms with van der Waals surface area (Å²) in [7, 11) is 0. The molecule has 0 bridgehead atoms. The van der Waals surface area contributed by atoms with Crippen molar-refractivity contribution in [3.05, 3.63) is 41.7 Å². The van der Waals surface area contributed by atoms with E-state index in [4.69, 9.17) is 14.6 Å². The fourth-order valence-electron chi connectivity index (χ4n) is 5.90. The highest BCUT2D eigenvalue weighted by Crippen LogP contribution is 2.44. The molecule has 4 nitrogen and oxygen atoms in total. The number of ether oxygens (including phenoxy) is 2. The van der Waals surface area contributed by atoms with E-state index in [2.05, 4.69) is 13.5 Å². The molecule has 3 rings (SSSR count). The van der Waals surface area contributed by atoms with Crippen LogP contribution in [0.15, 0.2) is 30.4 Å². The zero-order chi connectivity index (χ0) is 24.3. The van der Waals surface area contributed by atoms with Crippen LogP contribution >= 0.6 is 0 Å². The number of rotatable bonds is 12. The van der Waals surface area contributed by atoms with Crippen molar-refractivity contribution < 1.29 is 23.8 Å². The molecule has 0 aromatic heterocycles. The average Bonchev–Trinajstić information content (AvgIpc) is 2.87. The Bertz CT molecular complexity index is 776. The first kappa shape index (κ1) is 26.7. The lowest BCUT2D eigenvalue weighted by Crippen LogP contribution is -2.25. The van der Waals surface area contributed by atoms with Crippen LogP contribution in [-0.2, 0) is 9.53 Å². The van der Waals surface area contributed by atoms with E-state index in [9.17, 15) is 9.18 Å². The molecule has 0 saturated heterocycles. The van der Waals surface area contributed by atoms with Crippen molar-refractivity contribution in [3.63, 3.8) is 0 Å². The van der Waals surface area contributed by atoms with E-state index in [0.29, 0.717) is 5.92 Å². The van der Waals surface area contributed by atoms with Crippen LogP contribution < -0.4 is 4.74 Å². The summed E-state index contributed by atoms with van der Waals surface area (Å²) in [5.41, 5.74) is 1.05. The Kier molecular flexibility index (Phi) is 10.9. The van der Waals surface area contributed by atoms with Crippen LogP contribution in [0, 0.1) is 23.6 Å². The number of hydrogen-bond donors (Lipinski definition) is 1. The number of benzene rings is 1. The first-order valence-corrected chi connectivity index (χ1v) is 13.4. The van der Waals surface area contributed by atoms with E-state index in [1.54, 1.807) is 12.1 Å². The Labute approximate surface area is 204 Å². The standard InChI is InChI=1S/C29H43FO4/c1-3-4-5-6-22-7-9-23(10-8-22)24-11-13-25(14-12-24)26-15-16-28(27(30)19-26)33-17-18-34-29(32)21(2)20-31/h15-16,19,22-25,31H,2-14,17-18,20H2,1H3. The minimum Gasteiger partial charge on any atom is -0.487 e. The van der Waals surface area contributed by atoms with Crippen molar-refractivity contribution in [1.82, 2.24) is 0 Å². The predicted molar refractivity (Wildman–Crippen MR) is 133 cm³/mol. The molecule has 0 atom stereocenters. The molecule has 0 radical (unpaired) electrons. The number of unbranched alkanes of at least 4 members (excludes halogenated alkanes) is 2. The quantitative estimate of drug-likeness (QED) is 0.202. The van der Waals surface area contributed by atoms with Crippen molar-refractivity contribution >= 4 is 5.97 Å². The second-order valence-corrected chi connectivity index (χ2v) is 10.3. The third-order valence-electron chi connectivity index (χ3n) is 8.03. The molecule has 0 spiro atoms. The summed E-state index contributed by atoms with van der Waals surface area (Å²) in [6.45, 7) is 5.26. The van der Waals surface area contributed by atoms with Gasteiger partial charge in [-0.05, 0) is 79.9 Å². The molecule has 5 heteroatoms. The van der Waals surface area contributed by atoms with E-state index in [1.807, 2.05) is 6.07 Å². The number of carbonyl (C=O) groups is 1. The predicted octanol–water partition coefficient (Wildman–Crippen LogP) is 6.96. The van der Waals surface area contributed by atoms with Crippen LogP contribution in [0.5, 0.6) is 5.75 Å². The van der Waals surface area contributed by atoms with Gasteiger partial charge in [0.25, 0.3) is 0 Å². The summed E-state index contributed by atoms with van der Waals surface area (Å²) in [5, 5.41) is 8.85. The van der Waals surface area contributed by atoms with Gasteiger partial charge in [0.2, 0.25) is 0 Å². The minimum atomic E-state index is -0.669. The third kappa shape index (κ3) is 7.83. The zero-order valence-electron chi connectivity index (χ0n) is 20.9. The van der Waals surface area contributed by atoms with E-state index in [1.165, 1.54) is 64.2 Å². The zero-order valence-corrected chi connectivity index (χ0v) is 20.9. The molecule has 0 heterocycles. The Balaban J connectivity index is 1.38. The first-order valence-electron chi connectivity index (χ1n) is 13.4. The van der Waals surface area contributed by atoms with Crippen LogP contribution in [0.4, 0.5) is 4.39 Å². The maximum absolute atomic E-state index is 14.6. The molecule has 1 N–H and O–H groups in total. The molecule has 2 fully saturated rings. The van der Waals surface area contributed by atoms with E-state index < -0.39 is 12.6 Å². The molecule has 0 aliphatic heterocycles. The maximum atomic E-state index is 14.6. The topological polar surface area (TPSA) is 55.8 Å². The van der Waals surface area contributed by atoms with Crippen LogP contribution in [0.2, 0.25) is 0 Å². The van der Waals surface area contributed by atoms with Crippen molar-refractivity contribution in [1.29, 1.82) is 0 Å². The van der Waals surface area contributed by atoms with Crippen molar-refractivity contribution in [2.75, 3.05) is 19.8 Å². The van der Waals surface area contributed by atoms with Gasteiger partial charge in [-0.15, -0.1) is 0 Å². The number of esters is 1. The Morgan fingerprint density at radius 3 is 2.32 bits per heavy atom. The average molecular weight is 475 g/mol. The number of aliphatic hydroxyl groups excluding tert-OH is 1. The van der Waals surface area contributed by atoms with Crippen LogP contribution in [0.1, 0.15) is 95.5 Å². The highest BCUT2D eigenvalue weighted by Gasteiger charge is 2.31. The Hall–Kier alpha value is -1.88. The fraction of sp³-hybridized carbons (Fsp3) is 0.690. The molecule has 2 aliphatic carbocycles. The third-order valence-corrected chi connectivity index (χ3v) is 8.03. The summed E-state index contributed by atoms with van der Waals surface area (Å²) in [6.07, 6.45) is 16.0. The fourth-order valence-corrected chi connectivity index (χ4v) is 5.90. The summed E-state index contributed by atoms with van der Waals surface area (Å²) >= 11 is 0. The highest BCUT2D eigenvalue weighted by molar-refractivity contribution is 5.87. The van der Waals surface area contributed by atoms with Crippen LogP contribution in [-0.4, -0.2) is 30.9 Å². The molecule has 1 aromatic carbocycles. The molecule has 2 aliphatic rings. The lowest BCUT2D eigenvalue weighted by atomic mass is 9.68. The Morgan fingerprint density at radius 2 is 1.71 bits per heavy atom. The van der Waals surface area contributed by atoms with Gasteiger partial charge in [-0.3, -0.25) is 0 Å². The van der Waals surface area contributed by atoms with E-state index in [-0.39, 0.29) is 30.4 Å². The lowest BCUT2D eigenvalue weighted by molar-refractivity contribution is -0.140. The highest BCUT2D eigenvalue weighted by atomic mass is 19.1. The molecule has 34 heavy (non-hydrogen) atoms. The lowest BCUT2D eigenvalue weighted by Gasteiger charge is -2.38. The van der Waals surface area contributed by atoms with Gasteiger partial charge in [-0.1, -0.05) is 58.1 Å². The summed E-state index contributed by atoms with van der Waals surface area (Å²) in [6, 6.07) is 5.27. The minimum absolute atomic E-state index is 0.0136. The van der Waals surface area contributed by atoms with E-state index in [0.717, 1.165) is 36.2 Å². The van der Waals surface area contributed by atoms with Gasteiger partial charge in [0.15, 0.2) is 11.6 Å². The van der Waals surface area contributed by atoms with Gasteiger partial charge in [0.1, 0.15) is 13.2 Å². The van der Waals surface area contributed by atoms with Crippen molar-refractivity contribution in [2.24, 2.45) is 17.8 Å². The van der Waals surface area contributed by atoms with Gasteiger partial charge in [-0.25, -0.2) is 9.18 Å². The summed E-state index contributed by atoms with van der Waals surface area (Å²) < 4.78 is 25.0. The molecule has 2 saturated carbocycles. The van der Waals surface area contributed by atoms with Gasteiger partial charge in [0, 0.05) is 0 Å². The Morgan fingerprint density at radius 1 is 1.03 bits per heavy atom. The van der Waals surface area contributed by atoms with Gasteiger partial charge >= 0.3 is 5.97 Å². The summed E-state index contributed by atoms with van der Waals surface area (Å²) in [4.78, 5) is 11.4. The molecule has 190 valence electrons. The van der Waals surface area contributed by atoms with Gasteiger partial charge in [0.05, 0.1) is 12.2 Å². The summed E-state index contributed by atoms with van der Waals surface area (Å²) in [5.74, 6) is 2.28. The SMILES string of the molecule is C=C(CO)C(=O)OCCOc1ccc(C2CCC(C3CCC(CCCCC)CC3)CC2)cc1F. The first-order chi connectivity index (χ1) is 16.5. The molecule has 0 unspecified atom stereocenters. The van der Waals surface area contributed by atoms with Crippen molar-refractivity contribution in [3.8, 4) is 5.75 Å². The molecular weight excluding hydrogens is 431 g/mol. The monoisotopic (exact) mass is 474 g/mol. The molecule has 0 amide bonds. The van der Waals surface area contributed by atoms with Crippen molar-refractivity contribution in [2.45, 2.75) is 89.9 Å². The smallest absolute Gasteiger partial charge is 0.335 e. The van der Waals surface area contributed by atoms with Gasteiger partial charge in [-0.2, -0.15) is 0 Å². The largest absolute Gasteiger partial charge is 0.487 e. The molecular formula is C29H43FO4.